The number of hydrogen-bond acceptors (Lipinski definition) is 7. The van der Waals surface area contributed by atoms with Crippen molar-refractivity contribution in [1.29, 1.82) is 0 Å². The first kappa shape index (κ1) is 22.9. The lowest BCUT2D eigenvalue weighted by Crippen LogP contribution is -2.48. The van der Waals surface area contributed by atoms with Crippen LogP contribution in [-0.4, -0.2) is 80.2 Å². The summed E-state index contributed by atoms with van der Waals surface area (Å²) in [7, 11) is 5.87. The molecule has 0 saturated carbocycles. The lowest BCUT2D eigenvalue weighted by Gasteiger charge is -2.36. The molecule has 1 aliphatic heterocycles. The SMILES string of the molecule is COc1ccc(N2CCN(CCN(C)C)CC2)c2nc(C#Cc3cccnc3)oc12.Cl. The standard InChI is InChI=1S/C23H27N5O2.ClH/c1-26(2)11-12-27-13-15-28(16-14-27)19-7-8-20(29-3)23-22(19)25-21(30-23)9-6-18-5-4-10-24-17-18;/h4-5,7-8,10,17H,11-16H2,1-3H3;1H. The molecular weight excluding hydrogens is 414 g/mol. The van der Waals surface area contributed by atoms with Gasteiger partial charge < -0.3 is 19.0 Å². The van der Waals surface area contributed by atoms with Crippen molar-refractivity contribution in [3.8, 4) is 17.6 Å². The summed E-state index contributed by atoms with van der Waals surface area (Å²) in [6.07, 6.45) is 3.44. The van der Waals surface area contributed by atoms with Crippen LogP contribution in [0.15, 0.2) is 41.1 Å². The molecule has 0 N–H and O–H groups in total. The molecule has 2 aromatic heterocycles. The Morgan fingerprint density at radius 2 is 1.94 bits per heavy atom. The third-order valence-corrected chi connectivity index (χ3v) is 5.26. The number of anilines is 1. The number of rotatable bonds is 5. The van der Waals surface area contributed by atoms with E-state index in [9.17, 15) is 0 Å². The van der Waals surface area contributed by atoms with Crippen molar-refractivity contribution in [1.82, 2.24) is 19.8 Å². The highest BCUT2D eigenvalue weighted by molar-refractivity contribution is 5.92. The van der Waals surface area contributed by atoms with Gasteiger partial charge in [-0.3, -0.25) is 9.88 Å². The number of pyridine rings is 1. The molecule has 3 heterocycles. The van der Waals surface area contributed by atoms with Crippen LogP contribution in [0.3, 0.4) is 0 Å². The molecule has 1 aromatic carbocycles. The molecule has 164 valence electrons. The number of oxazole rings is 1. The summed E-state index contributed by atoms with van der Waals surface area (Å²) in [5.41, 5.74) is 3.32. The van der Waals surface area contributed by atoms with Gasteiger partial charge in [-0.2, -0.15) is 4.98 Å². The summed E-state index contributed by atoms with van der Waals surface area (Å²) in [4.78, 5) is 15.9. The maximum absolute atomic E-state index is 5.96. The second kappa shape index (κ2) is 10.5. The Morgan fingerprint density at radius 3 is 2.61 bits per heavy atom. The Balaban J connectivity index is 0.00000272. The van der Waals surface area contributed by atoms with Crippen LogP contribution in [0.5, 0.6) is 5.75 Å². The Bertz CT molecular complexity index is 1050. The van der Waals surface area contributed by atoms with E-state index in [4.69, 9.17) is 9.15 Å². The van der Waals surface area contributed by atoms with Gasteiger partial charge in [0.05, 0.1) is 12.8 Å². The predicted octanol–water partition coefficient (Wildman–Crippen LogP) is 2.74. The second-order valence-corrected chi connectivity index (χ2v) is 7.61. The highest BCUT2D eigenvalue weighted by atomic mass is 35.5. The molecule has 3 aromatic rings. The normalized spacial score (nSPS) is 14.3. The fourth-order valence-electron chi connectivity index (χ4n) is 3.56. The summed E-state index contributed by atoms with van der Waals surface area (Å²) < 4.78 is 11.5. The van der Waals surface area contributed by atoms with Gasteiger partial charge in [0.1, 0.15) is 5.52 Å². The number of nitrogens with zero attached hydrogens (tertiary/aromatic N) is 5. The first-order valence-corrected chi connectivity index (χ1v) is 10.2. The average Bonchev–Trinajstić information content (AvgIpc) is 3.21. The summed E-state index contributed by atoms with van der Waals surface area (Å²) in [6.45, 7) is 6.16. The Hall–Kier alpha value is -2.79. The number of likely N-dealkylation sites (N-methyl/N-ethyl adjacent to an activating group) is 1. The lowest BCUT2D eigenvalue weighted by atomic mass is 10.2. The van der Waals surface area contributed by atoms with E-state index in [2.05, 4.69) is 56.7 Å². The van der Waals surface area contributed by atoms with E-state index in [0.29, 0.717) is 17.2 Å². The minimum Gasteiger partial charge on any atom is -0.493 e. The third kappa shape index (κ3) is 5.47. The van der Waals surface area contributed by atoms with Gasteiger partial charge in [0.2, 0.25) is 0 Å². The number of methoxy groups -OCH3 is 1. The predicted molar refractivity (Wildman–Crippen MR) is 125 cm³/mol. The van der Waals surface area contributed by atoms with Crippen LogP contribution in [0.25, 0.3) is 11.1 Å². The van der Waals surface area contributed by atoms with Gasteiger partial charge in [0.15, 0.2) is 11.3 Å². The Labute approximate surface area is 189 Å². The number of halogens is 1. The second-order valence-electron chi connectivity index (χ2n) is 7.61. The van der Waals surface area contributed by atoms with E-state index in [1.807, 2.05) is 18.2 Å². The molecule has 0 radical (unpaired) electrons. The summed E-state index contributed by atoms with van der Waals surface area (Å²) in [5.74, 6) is 7.11. The molecule has 0 aliphatic carbocycles. The molecule has 31 heavy (non-hydrogen) atoms. The lowest BCUT2D eigenvalue weighted by molar-refractivity contribution is 0.229. The number of ether oxygens (including phenoxy) is 1. The van der Waals surface area contributed by atoms with Gasteiger partial charge in [-0.1, -0.05) is 5.92 Å². The molecule has 0 bridgehead atoms. The fourth-order valence-corrected chi connectivity index (χ4v) is 3.56. The van der Waals surface area contributed by atoms with E-state index in [-0.39, 0.29) is 12.4 Å². The van der Waals surface area contributed by atoms with Gasteiger partial charge in [-0.25, -0.2) is 0 Å². The molecule has 7 nitrogen and oxygen atoms in total. The van der Waals surface area contributed by atoms with Crippen LogP contribution in [-0.2, 0) is 0 Å². The Morgan fingerprint density at radius 1 is 1.13 bits per heavy atom. The van der Waals surface area contributed by atoms with Crippen molar-refractivity contribution in [3.63, 3.8) is 0 Å². The van der Waals surface area contributed by atoms with Crippen LogP contribution >= 0.6 is 12.4 Å². The molecular formula is C23H28ClN5O2. The number of benzene rings is 1. The number of piperazine rings is 1. The molecule has 1 saturated heterocycles. The summed E-state index contributed by atoms with van der Waals surface area (Å²) >= 11 is 0. The smallest absolute Gasteiger partial charge is 0.274 e. The highest BCUT2D eigenvalue weighted by Gasteiger charge is 2.22. The molecule has 1 fully saturated rings. The molecule has 0 atom stereocenters. The highest BCUT2D eigenvalue weighted by Crippen LogP contribution is 2.34. The number of fused-ring (bicyclic) bond motifs is 1. The van der Waals surface area contributed by atoms with Crippen molar-refractivity contribution in [2.75, 3.05) is 65.4 Å². The maximum Gasteiger partial charge on any atom is 0.274 e. The zero-order valence-corrected chi connectivity index (χ0v) is 19.0. The van der Waals surface area contributed by atoms with Crippen LogP contribution in [0.4, 0.5) is 5.69 Å². The largest absolute Gasteiger partial charge is 0.493 e. The van der Waals surface area contributed by atoms with Crippen LogP contribution < -0.4 is 9.64 Å². The van der Waals surface area contributed by atoms with E-state index in [0.717, 1.165) is 56.0 Å². The quantitative estimate of drug-likeness (QED) is 0.564. The van der Waals surface area contributed by atoms with Gasteiger partial charge in [0.25, 0.3) is 5.89 Å². The van der Waals surface area contributed by atoms with E-state index in [1.165, 1.54) is 0 Å². The number of aromatic nitrogens is 2. The van der Waals surface area contributed by atoms with E-state index >= 15 is 0 Å². The topological polar surface area (TPSA) is 57.9 Å². The summed E-state index contributed by atoms with van der Waals surface area (Å²) in [5, 5.41) is 0. The number of hydrogen-bond donors (Lipinski definition) is 0. The van der Waals surface area contributed by atoms with Crippen molar-refractivity contribution in [3.05, 3.63) is 48.1 Å². The summed E-state index contributed by atoms with van der Waals surface area (Å²) in [6, 6.07) is 7.77. The first-order valence-electron chi connectivity index (χ1n) is 10.2. The maximum atomic E-state index is 5.96. The third-order valence-electron chi connectivity index (χ3n) is 5.26. The van der Waals surface area contributed by atoms with Gasteiger partial charge in [-0.05, 0) is 44.3 Å². The monoisotopic (exact) mass is 441 g/mol. The average molecular weight is 442 g/mol. The molecule has 4 rings (SSSR count). The van der Waals surface area contributed by atoms with Gasteiger partial charge in [0, 0.05) is 57.2 Å². The van der Waals surface area contributed by atoms with Crippen LogP contribution in [0, 0.1) is 11.8 Å². The molecule has 1 aliphatic rings. The minimum atomic E-state index is 0. The van der Waals surface area contributed by atoms with Crippen molar-refractivity contribution in [2.24, 2.45) is 0 Å². The molecule has 0 amide bonds. The van der Waals surface area contributed by atoms with E-state index < -0.39 is 0 Å². The zero-order valence-electron chi connectivity index (χ0n) is 18.2. The molecule has 8 heteroatoms. The van der Waals surface area contributed by atoms with Crippen molar-refractivity contribution >= 4 is 29.2 Å². The Kier molecular flexibility index (Phi) is 7.75. The fraction of sp³-hybridized carbons (Fsp3) is 0.391. The van der Waals surface area contributed by atoms with Crippen molar-refractivity contribution < 1.29 is 9.15 Å². The molecule has 0 unspecified atom stereocenters. The van der Waals surface area contributed by atoms with Gasteiger partial charge >= 0.3 is 0 Å². The minimum absolute atomic E-state index is 0. The first-order chi connectivity index (χ1) is 14.6. The van der Waals surface area contributed by atoms with E-state index in [1.54, 1.807) is 19.5 Å². The van der Waals surface area contributed by atoms with Crippen molar-refractivity contribution in [2.45, 2.75) is 0 Å². The van der Waals surface area contributed by atoms with Crippen LogP contribution in [0.2, 0.25) is 0 Å². The van der Waals surface area contributed by atoms with Crippen LogP contribution in [0.1, 0.15) is 11.5 Å². The molecule has 0 spiro atoms. The van der Waals surface area contributed by atoms with Gasteiger partial charge in [-0.15, -0.1) is 12.4 Å². The zero-order chi connectivity index (χ0) is 20.9.